The van der Waals surface area contributed by atoms with Gasteiger partial charge in [-0.2, -0.15) is 0 Å². The number of carbonyl (C=O) groups excluding carboxylic acids is 4. The molecular weight excluding hydrogens is 914 g/mol. The maximum Gasteiger partial charge on any atom is 0.410 e. The van der Waals surface area contributed by atoms with Gasteiger partial charge in [-0.05, 0) is 139 Å². The number of rotatable bonds is 15. The number of methoxy groups -OCH3 is 1. The molecule has 1 fully saturated rings. The average molecular weight is 985 g/mol. The largest absolute Gasteiger partial charge is 0.481 e. The smallest absolute Gasteiger partial charge is 0.410 e. The topological polar surface area (TPSA) is 174 Å². The Kier molecular flexibility index (Phi) is 16.2. The minimum Gasteiger partial charge on any atom is -0.481 e. The maximum absolute atomic E-state index is 14.2. The first kappa shape index (κ1) is 52.8. The van der Waals surface area contributed by atoms with Gasteiger partial charge in [-0.25, -0.2) is 14.6 Å². The monoisotopic (exact) mass is 983 g/mol. The number of halogens is 1. The predicted molar refractivity (Wildman–Crippen MR) is 271 cm³/mol. The van der Waals surface area contributed by atoms with Gasteiger partial charge in [0.05, 0.1) is 43.2 Å². The molecule has 6 rings (SSSR count). The number of benzene rings is 1. The van der Waals surface area contributed by atoms with Gasteiger partial charge in [-0.3, -0.25) is 19.6 Å². The van der Waals surface area contributed by atoms with Crippen LogP contribution in [0.5, 0.6) is 5.88 Å². The van der Waals surface area contributed by atoms with Gasteiger partial charge in [0.25, 0.3) is 5.91 Å². The lowest BCUT2D eigenvalue weighted by Crippen LogP contribution is -2.44. The molecule has 1 atom stereocenters. The lowest BCUT2D eigenvalue weighted by molar-refractivity contribution is -0.119. The Labute approximate surface area is 413 Å². The third-order valence-electron chi connectivity index (χ3n) is 12.8. The molecule has 17 heteroatoms. The molecule has 1 saturated heterocycles. The van der Waals surface area contributed by atoms with Crippen LogP contribution >= 0.6 is 11.6 Å². The molecule has 0 saturated carbocycles. The van der Waals surface area contributed by atoms with E-state index in [9.17, 15) is 19.2 Å². The highest BCUT2D eigenvalue weighted by Crippen LogP contribution is 2.39. The van der Waals surface area contributed by atoms with Crippen molar-refractivity contribution >= 4 is 49.6 Å². The van der Waals surface area contributed by atoms with Crippen LogP contribution in [0.1, 0.15) is 120 Å². The molecule has 4 amide bonds. The Balaban J connectivity index is 1.22. The zero-order valence-electron chi connectivity index (χ0n) is 42.6. The van der Waals surface area contributed by atoms with Crippen LogP contribution in [0.2, 0.25) is 23.2 Å². The van der Waals surface area contributed by atoms with Crippen molar-refractivity contribution in [1.29, 1.82) is 0 Å². The minimum atomic E-state index is -2.06. The van der Waals surface area contributed by atoms with Gasteiger partial charge in [-0.15, -0.1) is 0 Å². The number of amides is 4. The van der Waals surface area contributed by atoms with Crippen molar-refractivity contribution in [3.63, 3.8) is 0 Å². The Morgan fingerprint density at radius 2 is 1.52 bits per heavy atom. The molecule has 0 bridgehead atoms. The second-order valence-electron chi connectivity index (χ2n) is 21.4. The first-order chi connectivity index (χ1) is 32.2. The van der Waals surface area contributed by atoms with E-state index in [-0.39, 0.29) is 42.5 Å². The van der Waals surface area contributed by atoms with Crippen molar-refractivity contribution in [2.45, 2.75) is 150 Å². The van der Waals surface area contributed by atoms with Crippen LogP contribution in [0.4, 0.5) is 15.3 Å². The van der Waals surface area contributed by atoms with Gasteiger partial charge in [0.15, 0.2) is 8.32 Å². The van der Waals surface area contributed by atoms with Crippen molar-refractivity contribution in [1.82, 2.24) is 30.1 Å². The van der Waals surface area contributed by atoms with Crippen LogP contribution in [0.3, 0.4) is 0 Å². The standard InChI is InChI=1S/C52H70ClN7O8Si/c1-32-36(44-43(53)39(24-25-54-44)41-22-20-33(47(58-41)65-11)29-60(49(64)68-51(5,6)7)31-35-21-23-42(61)56-35)16-15-19-40(32)57-46(62)45-38-18-14-17-37(38)34(28-55-45)30-59(48(63)67-50(2,3)4)26-27-66-69(12,13)52(8,9)10/h15-16,19-20,22,24-25,28,35H,14,17-18,21,23,26-27,29-31H2,1-13H3,(H,56,61)(H,57,62)/t35-/m0/s1. The molecule has 3 aromatic heterocycles. The molecule has 2 N–H and O–H groups in total. The zero-order chi connectivity index (χ0) is 50.6. The van der Waals surface area contributed by atoms with Gasteiger partial charge >= 0.3 is 12.2 Å². The average Bonchev–Trinajstić information content (AvgIpc) is 3.92. The lowest BCUT2D eigenvalue weighted by atomic mass is 10.00. The summed E-state index contributed by atoms with van der Waals surface area (Å²) in [5, 5.41) is 6.42. The van der Waals surface area contributed by atoms with Gasteiger partial charge in [0.2, 0.25) is 11.8 Å². The van der Waals surface area contributed by atoms with Gasteiger partial charge in [0, 0.05) is 60.3 Å². The van der Waals surface area contributed by atoms with E-state index >= 15 is 0 Å². The molecule has 0 spiro atoms. The first-order valence-corrected chi connectivity index (χ1v) is 27.0. The highest BCUT2D eigenvalue weighted by atomic mass is 35.5. The fraction of sp³-hybridized carbons (Fsp3) is 0.519. The normalized spacial score (nSPS) is 15.0. The number of nitrogens with zero attached hydrogens (tertiary/aromatic N) is 5. The molecule has 4 heterocycles. The Bertz CT molecular complexity index is 2570. The SMILES string of the molecule is COc1nc(-c2ccnc(-c3cccc(NC(=O)c4ncc(CN(CCO[Si](C)(C)C(C)(C)C)C(=O)OC(C)(C)C)c5c4CCC5)c3C)c2Cl)ccc1CN(C[C@@H]1CCC(=O)N1)C(=O)OC(C)(C)C. The van der Waals surface area contributed by atoms with E-state index in [1.54, 1.807) is 49.0 Å². The quantitative estimate of drug-likeness (QED) is 0.108. The molecule has 2 aliphatic rings. The lowest BCUT2D eigenvalue weighted by Gasteiger charge is -2.37. The van der Waals surface area contributed by atoms with Crippen molar-refractivity contribution < 1.29 is 37.8 Å². The molecule has 1 aliphatic heterocycles. The molecule has 0 unspecified atom stereocenters. The van der Waals surface area contributed by atoms with E-state index in [1.807, 2.05) is 58.0 Å². The Morgan fingerprint density at radius 1 is 0.855 bits per heavy atom. The molecule has 0 radical (unpaired) electrons. The zero-order valence-corrected chi connectivity index (χ0v) is 44.4. The second-order valence-corrected chi connectivity index (χ2v) is 26.6. The van der Waals surface area contributed by atoms with Crippen LogP contribution < -0.4 is 15.4 Å². The molecule has 1 aromatic carbocycles. The summed E-state index contributed by atoms with van der Waals surface area (Å²) in [4.78, 5) is 70.6. The summed E-state index contributed by atoms with van der Waals surface area (Å²) in [6.45, 7) is 25.3. The highest BCUT2D eigenvalue weighted by molar-refractivity contribution is 6.74. The number of fused-ring (bicyclic) bond motifs is 1. The predicted octanol–water partition coefficient (Wildman–Crippen LogP) is 10.7. The molecule has 372 valence electrons. The van der Waals surface area contributed by atoms with E-state index in [4.69, 9.17) is 40.2 Å². The van der Waals surface area contributed by atoms with Crippen LogP contribution in [-0.4, -0.2) is 101 Å². The highest BCUT2D eigenvalue weighted by Gasteiger charge is 2.38. The van der Waals surface area contributed by atoms with Crippen molar-refractivity contribution in [2.24, 2.45) is 0 Å². The number of nitrogens with one attached hydrogen (secondary N) is 2. The molecule has 4 aromatic rings. The summed E-state index contributed by atoms with van der Waals surface area (Å²) < 4.78 is 23.8. The summed E-state index contributed by atoms with van der Waals surface area (Å²) in [6, 6.07) is 10.8. The Hall–Kier alpha value is -5.58. The van der Waals surface area contributed by atoms with Crippen molar-refractivity contribution in [3.8, 4) is 28.4 Å². The van der Waals surface area contributed by atoms with Crippen molar-refractivity contribution in [2.75, 3.05) is 32.1 Å². The van der Waals surface area contributed by atoms with Gasteiger partial charge < -0.3 is 39.1 Å². The van der Waals surface area contributed by atoms with Crippen LogP contribution in [-0.2, 0) is 44.6 Å². The number of aromatic nitrogens is 3. The third kappa shape index (κ3) is 13.2. The summed E-state index contributed by atoms with van der Waals surface area (Å²) in [5.41, 5.74) is 6.05. The van der Waals surface area contributed by atoms with Crippen molar-refractivity contribution in [3.05, 3.63) is 87.3 Å². The number of pyridine rings is 3. The molecule has 15 nitrogen and oxygen atoms in total. The summed E-state index contributed by atoms with van der Waals surface area (Å²) in [7, 11) is -0.543. The maximum atomic E-state index is 14.2. The number of hydrogen-bond acceptors (Lipinski definition) is 11. The van der Waals surface area contributed by atoms with Crippen LogP contribution in [0.15, 0.2) is 48.8 Å². The van der Waals surface area contributed by atoms with Gasteiger partial charge in [-0.1, -0.05) is 44.5 Å². The summed E-state index contributed by atoms with van der Waals surface area (Å²) in [5.74, 6) is -0.0857. The molecule has 69 heavy (non-hydrogen) atoms. The number of carbonyl (C=O) groups is 4. The van der Waals surface area contributed by atoms with E-state index in [1.165, 1.54) is 7.11 Å². The Morgan fingerprint density at radius 3 is 2.16 bits per heavy atom. The van der Waals surface area contributed by atoms with E-state index in [0.29, 0.717) is 82.8 Å². The molecular formula is C52H70ClN7O8Si. The number of hydrogen-bond donors (Lipinski definition) is 2. The number of anilines is 1. The summed E-state index contributed by atoms with van der Waals surface area (Å²) in [6.07, 6.45) is 5.77. The van der Waals surface area contributed by atoms with E-state index in [0.717, 1.165) is 35.1 Å². The fourth-order valence-electron chi connectivity index (χ4n) is 8.15. The summed E-state index contributed by atoms with van der Waals surface area (Å²) >= 11 is 7.18. The van der Waals surface area contributed by atoms with Crippen LogP contribution in [0, 0.1) is 6.92 Å². The van der Waals surface area contributed by atoms with Gasteiger partial charge in [0.1, 0.15) is 16.9 Å². The van der Waals surface area contributed by atoms with Crippen LogP contribution in [0.25, 0.3) is 22.5 Å². The first-order valence-electron chi connectivity index (χ1n) is 23.7. The van der Waals surface area contributed by atoms with E-state index in [2.05, 4.69) is 49.5 Å². The number of ether oxygens (including phenoxy) is 3. The minimum absolute atomic E-state index is 0.0257. The third-order valence-corrected chi connectivity index (χ3v) is 17.7. The second kappa shape index (κ2) is 21.2. The fourth-order valence-corrected chi connectivity index (χ4v) is 9.50. The molecule has 1 aliphatic carbocycles. The van der Waals surface area contributed by atoms with E-state index < -0.39 is 31.7 Å².